The van der Waals surface area contributed by atoms with Crippen LogP contribution < -0.4 is 4.74 Å². The molecule has 0 bridgehead atoms. The van der Waals surface area contributed by atoms with Gasteiger partial charge < -0.3 is 9.47 Å². The molecule has 0 aliphatic carbocycles. The fourth-order valence-corrected chi connectivity index (χ4v) is 1.33. The van der Waals surface area contributed by atoms with Crippen molar-refractivity contribution in [2.45, 2.75) is 26.7 Å². The van der Waals surface area contributed by atoms with Crippen molar-refractivity contribution in [3.05, 3.63) is 29.6 Å². The molecular weight excluding hydrogens is 239 g/mol. The highest BCUT2D eigenvalue weighted by atomic mass is 19.1. The van der Waals surface area contributed by atoms with Crippen molar-refractivity contribution in [1.29, 1.82) is 0 Å². The lowest BCUT2D eigenvalue weighted by atomic mass is 10.2. The summed E-state index contributed by atoms with van der Waals surface area (Å²) in [5.74, 6) is -2.43. The van der Waals surface area contributed by atoms with Crippen LogP contribution in [0.1, 0.15) is 37.0 Å². The van der Waals surface area contributed by atoms with Crippen LogP contribution in [0.3, 0.4) is 0 Å². The van der Waals surface area contributed by atoms with Crippen molar-refractivity contribution in [3.63, 3.8) is 0 Å². The molecule has 4 nitrogen and oxygen atoms in total. The van der Waals surface area contributed by atoms with Gasteiger partial charge in [0.1, 0.15) is 0 Å². The molecule has 0 amide bonds. The van der Waals surface area contributed by atoms with Gasteiger partial charge in [0.25, 0.3) is 0 Å². The normalized spacial score (nSPS) is 9.94. The summed E-state index contributed by atoms with van der Waals surface area (Å²) in [5.41, 5.74) is -0.237. The number of hydrogen-bond donors (Lipinski definition) is 0. The van der Waals surface area contributed by atoms with Gasteiger partial charge in [0.15, 0.2) is 11.6 Å². The molecule has 0 spiro atoms. The van der Waals surface area contributed by atoms with Crippen molar-refractivity contribution in [2.75, 3.05) is 6.61 Å². The number of hydrogen-bond acceptors (Lipinski definition) is 4. The molecule has 5 heteroatoms. The minimum atomic E-state index is -0.875. The van der Waals surface area contributed by atoms with Crippen molar-refractivity contribution in [1.82, 2.24) is 0 Å². The molecule has 0 aromatic heterocycles. The fourth-order valence-electron chi connectivity index (χ4n) is 1.33. The molecule has 0 aliphatic rings. The number of ether oxygens (including phenoxy) is 2. The number of carbonyl (C=O) groups is 2. The molecular formula is C13H15FO4. The van der Waals surface area contributed by atoms with Gasteiger partial charge in [0.05, 0.1) is 12.2 Å². The lowest BCUT2D eigenvalue weighted by Crippen LogP contribution is -2.12. The van der Waals surface area contributed by atoms with Crippen LogP contribution in [0.25, 0.3) is 0 Å². The molecule has 0 N–H and O–H groups in total. The Morgan fingerprint density at radius 2 is 2.00 bits per heavy atom. The average Bonchev–Trinajstić information content (AvgIpc) is 2.32. The number of esters is 2. The van der Waals surface area contributed by atoms with Crippen LogP contribution >= 0.6 is 0 Å². The largest absolute Gasteiger partial charge is 0.462 e. The summed E-state index contributed by atoms with van der Waals surface area (Å²) in [7, 11) is 0. The minimum absolute atomic E-state index is 0.151. The third kappa shape index (κ3) is 3.55. The van der Waals surface area contributed by atoms with Crippen LogP contribution in [0.4, 0.5) is 4.39 Å². The Balaban J connectivity index is 2.91. The van der Waals surface area contributed by atoms with Crippen LogP contribution in [0.15, 0.2) is 18.2 Å². The average molecular weight is 254 g/mol. The first-order valence-corrected chi connectivity index (χ1v) is 5.76. The van der Waals surface area contributed by atoms with Crippen LogP contribution in [-0.2, 0) is 9.53 Å². The maximum Gasteiger partial charge on any atom is 0.341 e. The van der Waals surface area contributed by atoms with Crippen LogP contribution in [0.5, 0.6) is 5.75 Å². The molecule has 0 fully saturated rings. The fraction of sp³-hybridized carbons (Fsp3) is 0.385. The van der Waals surface area contributed by atoms with E-state index < -0.39 is 17.8 Å². The zero-order chi connectivity index (χ0) is 13.5. The molecule has 0 saturated heterocycles. The van der Waals surface area contributed by atoms with E-state index in [9.17, 15) is 14.0 Å². The van der Waals surface area contributed by atoms with Crippen LogP contribution in [-0.4, -0.2) is 18.5 Å². The third-order valence-corrected chi connectivity index (χ3v) is 2.14. The maximum atomic E-state index is 13.9. The Morgan fingerprint density at radius 1 is 1.28 bits per heavy atom. The Morgan fingerprint density at radius 3 is 2.61 bits per heavy atom. The zero-order valence-corrected chi connectivity index (χ0v) is 10.4. The van der Waals surface area contributed by atoms with Gasteiger partial charge in [-0.1, -0.05) is 13.0 Å². The molecule has 98 valence electrons. The zero-order valence-electron chi connectivity index (χ0n) is 10.4. The summed E-state index contributed by atoms with van der Waals surface area (Å²) in [6, 6.07) is 4.01. The van der Waals surface area contributed by atoms with Gasteiger partial charge in [0, 0.05) is 6.42 Å². The minimum Gasteiger partial charge on any atom is -0.462 e. The summed E-state index contributed by atoms with van der Waals surface area (Å²) in [6.07, 6.45) is 0.807. The van der Waals surface area contributed by atoms with E-state index in [1.807, 2.05) is 6.92 Å². The standard InChI is InChI=1S/C13H15FO4/c1-3-6-11(15)18-10-8-5-7-9(12(10)14)13(16)17-4-2/h5,7-8H,3-4,6H2,1-2H3. The number of halogens is 1. The van der Waals surface area contributed by atoms with Gasteiger partial charge in [-0.05, 0) is 25.5 Å². The number of carbonyl (C=O) groups excluding carboxylic acids is 2. The van der Waals surface area contributed by atoms with E-state index in [0.29, 0.717) is 6.42 Å². The predicted octanol–water partition coefficient (Wildman–Crippen LogP) is 2.71. The smallest absolute Gasteiger partial charge is 0.341 e. The van der Waals surface area contributed by atoms with Gasteiger partial charge in [-0.25, -0.2) is 9.18 Å². The Hall–Kier alpha value is -1.91. The molecule has 0 atom stereocenters. The first-order valence-electron chi connectivity index (χ1n) is 5.76. The second-order valence-electron chi connectivity index (χ2n) is 3.56. The summed E-state index contributed by atoms with van der Waals surface area (Å²) in [4.78, 5) is 22.7. The highest BCUT2D eigenvalue weighted by Crippen LogP contribution is 2.21. The molecule has 0 heterocycles. The monoisotopic (exact) mass is 254 g/mol. The van der Waals surface area contributed by atoms with E-state index in [-0.39, 0.29) is 24.3 Å². The summed E-state index contributed by atoms with van der Waals surface area (Å²) in [6.45, 7) is 3.59. The van der Waals surface area contributed by atoms with Crippen LogP contribution in [0, 0.1) is 5.82 Å². The quantitative estimate of drug-likeness (QED) is 0.599. The maximum absolute atomic E-state index is 13.9. The lowest BCUT2D eigenvalue weighted by molar-refractivity contribution is -0.134. The van der Waals surface area contributed by atoms with E-state index in [1.165, 1.54) is 18.2 Å². The molecule has 0 radical (unpaired) electrons. The Kier molecular flexibility index (Phi) is 5.30. The molecule has 0 aliphatic heterocycles. The van der Waals surface area contributed by atoms with Crippen molar-refractivity contribution in [2.24, 2.45) is 0 Å². The van der Waals surface area contributed by atoms with E-state index in [0.717, 1.165) is 0 Å². The second kappa shape index (κ2) is 6.74. The van der Waals surface area contributed by atoms with E-state index in [2.05, 4.69) is 0 Å². The van der Waals surface area contributed by atoms with Crippen molar-refractivity contribution < 1.29 is 23.5 Å². The topological polar surface area (TPSA) is 52.6 Å². The second-order valence-corrected chi connectivity index (χ2v) is 3.56. The van der Waals surface area contributed by atoms with Crippen LogP contribution in [0.2, 0.25) is 0 Å². The Bertz CT molecular complexity index is 443. The molecule has 1 rings (SSSR count). The summed E-state index contributed by atoms with van der Waals surface area (Å²) in [5, 5.41) is 0. The van der Waals surface area contributed by atoms with Crippen molar-refractivity contribution in [3.8, 4) is 5.75 Å². The van der Waals surface area contributed by atoms with Gasteiger partial charge in [-0.3, -0.25) is 4.79 Å². The molecule has 0 unspecified atom stereocenters. The summed E-state index contributed by atoms with van der Waals surface area (Å²) < 4.78 is 23.4. The molecule has 18 heavy (non-hydrogen) atoms. The predicted molar refractivity (Wildman–Crippen MR) is 62.9 cm³/mol. The van der Waals surface area contributed by atoms with E-state index >= 15 is 0 Å². The van der Waals surface area contributed by atoms with E-state index in [1.54, 1.807) is 6.92 Å². The van der Waals surface area contributed by atoms with Crippen molar-refractivity contribution >= 4 is 11.9 Å². The first kappa shape index (κ1) is 14.2. The third-order valence-electron chi connectivity index (χ3n) is 2.14. The SMILES string of the molecule is CCCC(=O)Oc1cccc(C(=O)OCC)c1F. The number of rotatable bonds is 5. The van der Waals surface area contributed by atoms with Gasteiger partial charge in [-0.15, -0.1) is 0 Å². The molecule has 1 aromatic carbocycles. The van der Waals surface area contributed by atoms with Gasteiger partial charge in [-0.2, -0.15) is 0 Å². The lowest BCUT2D eigenvalue weighted by Gasteiger charge is -2.08. The molecule has 0 saturated carbocycles. The van der Waals surface area contributed by atoms with Gasteiger partial charge in [0.2, 0.25) is 0 Å². The highest BCUT2D eigenvalue weighted by molar-refractivity contribution is 5.90. The summed E-state index contributed by atoms with van der Waals surface area (Å²) >= 11 is 0. The highest BCUT2D eigenvalue weighted by Gasteiger charge is 2.18. The van der Waals surface area contributed by atoms with Gasteiger partial charge >= 0.3 is 11.9 Å². The number of benzene rings is 1. The Labute approximate surface area is 105 Å². The first-order chi connectivity index (χ1) is 8.60. The van der Waals surface area contributed by atoms with E-state index in [4.69, 9.17) is 9.47 Å². The molecule has 1 aromatic rings.